The van der Waals surface area contributed by atoms with Crippen LogP contribution < -0.4 is 5.32 Å². The van der Waals surface area contributed by atoms with Crippen molar-refractivity contribution in [3.05, 3.63) is 72.8 Å². The van der Waals surface area contributed by atoms with Crippen molar-refractivity contribution in [2.75, 3.05) is 0 Å². The fourth-order valence-electron chi connectivity index (χ4n) is 2.50. The standard InChI is InChI=1S/C20H21NSi/c1-22(2,3)20-14-8-13-19(21-20)18-12-7-11-17(15-18)16-9-5-4-6-10-16/h4-15H,1-3H3. The maximum atomic E-state index is 4.91. The molecule has 3 aromatic rings. The van der Waals surface area contributed by atoms with Gasteiger partial charge in [0.05, 0.1) is 5.69 Å². The van der Waals surface area contributed by atoms with E-state index in [9.17, 15) is 0 Å². The molecule has 0 N–H and O–H groups in total. The van der Waals surface area contributed by atoms with E-state index in [2.05, 4.69) is 86.4 Å². The lowest BCUT2D eigenvalue weighted by atomic mass is 10.0. The summed E-state index contributed by atoms with van der Waals surface area (Å²) >= 11 is 0. The van der Waals surface area contributed by atoms with Gasteiger partial charge in [-0.25, -0.2) is 0 Å². The zero-order chi connectivity index (χ0) is 15.6. The molecule has 2 aromatic carbocycles. The molecule has 1 heterocycles. The molecule has 3 rings (SSSR count). The molecule has 110 valence electrons. The molecular formula is C20H21NSi. The molecule has 0 aliphatic carbocycles. The fraction of sp³-hybridized carbons (Fsp3) is 0.150. The lowest BCUT2D eigenvalue weighted by Gasteiger charge is -2.16. The van der Waals surface area contributed by atoms with Crippen LogP contribution in [0.15, 0.2) is 72.8 Å². The van der Waals surface area contributed by atoms with Crippen LogP contribution in [0.3, 0.4) is 0 Å². The third-order valence-corrected chi connectivity index (χ3v) is 5.60. The van der Waals surface area contributed by atoms with E-state index < -0.39 is 8.07 Å². The van der Waals surface area contributed by atoms with Crippen LogP contribution in [-0.4, -0.2) is 13.1 Å². The molecule has 0 fully saturated rings. The predicted octanol–water partition coefficient (Wildman–Crippen LogP) is 4.96. The minimum atomic E-state index is -1.39. The van der Waals surface area contributed by atoms with Gasteiger partial charge in [-0.1, -0.05) is 74.2 Å². The minimum absolute atomic E-state index is 1.07. The monoisotopic (exact) mass is 303 g/mol. The molecule has 0 amide bonds. The summed E-state index contributed by atoms with van der Waals surface area (Å²) in [6.07, 6.45) is 0. The number of aromatic nitrogens is 1. The zero-order valence-electron chi connectivity index (χ0n) is 13.4. The molecular weight excluding hydrogens is 282 g/mol. The third-order valence-electron chi connectivity index (χ3n) is 3.78. The topological polar surface area (TPSA) is 12.9 Å². The molecule has 1 nitrogen and oxygen atoms in total. The summed E-state index contributed by atoms with van der Waals surface area (Å²) in [5, 5.41) is 1.26. The second-order valence-electron chi connectivity index (χ2n) is 6.60. The van der Waals surface area contributed by atoms with Gasteiger partial charge >= 0.3 is 0 Å². The molecule has 0 saturated heterocycles. The van der Waals surface area contributed by atoms with E-state index in [1.165, 1.54) is 22.0 Å². The maximum Gasteiger partial charge on any atom is 0.101 e. The molecule has 0 aliphatic rings. The Morgan fingerprint density at radius 3 is 2.00 bits per heavy atom. The van der Waals surface area contributed by atoms with Crippen molar-refractivity contribution < 1.29 is 0 Å². The smallest absolute Gasteiger partial charge is 0.101 e. The van der Waals surface area contributed by atoms with E-state index in [1.54, 1.807) is 0 Å². The molecule has 0 aliphatic heterocycles. The van der Waals surface area contributed by atoms with Gasteiger partial charge in [-0.3, -0.25) is 4.98 Å². The zero-order valence-corrected chi connectivity index (χ0v) is 14.4. The molecule has 0 bridgehead atoms. The Kier molecular flexibility index (Phi) is 3.95. The average Bonchev–Trinajstić information content (AvgIpc) is 2.55. The van der Waals surface area contributed by atoms with Crippen molar-refractivity contribution in [2.45, 2.75) is 19.6 Å². The van der Waals surface area contributed by atoms with Gasteiger partial charge < -0.3 is 0 Å². The first-order chi connectivity index (χ1) is 10.5. The van der Waals surface area contributed by atoms with Crippen LogP contribution in [-0.2, 0) is 0 Å². The number of nitrogens with zero attached hydrogens (tertiary/aromatic N) is 1. The van der Waals surface area contributed by atoms with Crippen LogP contribution in [0.2, 0.25) is 19.6 Å². The van der Waals surface area contributed by atoms with Gasteiger partial charge in [0.1, 0.15) is 8.07 Å². The number of hydrogen-bond acceptors (Lipinski definition) is 1. The lowest BCUT2D eigenvalue weighted by Crippen LogP contribution is -2.39. The van der Waals surface area contributed by atoms with Crippen molar-refractivity contribution in [1.29, 1.82) is 0 Å². The first-order valence-electron chi connectivity index (χ1n) is 7.67. The van der Waals surface area contributed by atoms with Gasteiger partial charge in [-0.15, -0.1) is 0 Å². The van der Waals surface area contributed by atoms with Crippen molar-refractivity contribution in [3.63, 3.8) is 0 Å². The van der Waals surface area contributed by atoms with Crippen molar-refractivity contribution in [2.24, 2.45) is 0 Å². The maximum absolute atomic E-state index is 4.91. The van der Waals surface area contributed by atoms with E-state index in [4.69, 9.17) is 4.98 Å². The first kappa shape index (κ1) is 14.7. The highest BCUT2D eigenvalue weighted by molar-refractivity contribution is 6.88. The molecule has 0 saturated carbocycles. The van der Waals surface area contributed by atoms with Crippen molar-refractivity contribution >= 4 is 13.4 Å². The van der Waals surface area contributed by atoms with E-state index in [0.717, 1.165) is 5.69 Å². The SMILES string of the molecule is C[Si](C)(C)c1cccc(-c2cccc(-c3ccccc3)c2)n1. The molecule has 0 spiro atoms. The normalized spacial score (nSPS) is 11.4. The predicted molar refractivity (Wildman–Crippen MR) is 98.1 cm³/mol. The van der Waals surface area contributed by atoms with Crippen molar-refractivity contribution in [1.82, 2.24) is 4.98 Å². The summed E-state index contributed by atoms with van der Waals surface area (Å²) in [6.45, 7) is 7.00. The lowest BCUT2D eigenvalue weighted by molar-refractivity contribution is 1.35. The van der Waals surface area contributed by atoms with Crippen LogP contribution in [0.25, 0.3) is 22.4 Å². The summed E-state index contributed by atoms with van der Waals surface area (Å²) in [7, 11) is -1.39. The number of pyridine rings is 1. The van der Waals surface area contributed by atoms with Crippen LogP contribution in [0.4, 0.5) is 0 Å². The summed E-state index contributed by atoms with van der Waals surface area (Å²) in [5.74, 6) is 0. The van der Waals surface area contributed by atoms with E-state index >= 15 is 0 Å². The van der Waals surface area contributed by atoms with Crippen LogP contribution in [0, 0.1) is 0 Å². The first-order valence-corrected chi connectivity index (χ1v) is 11.2. The Labute approximate surface area is 133 Å². The third kappa shape index (κ3) is 3.17. The molecule has 0 atom stereocenters. The number of rotatable bonds is 3. The van der Waals surface area contributed by atoms with E-state index in [1.807, 2.05) is 6.07 Å². The van der Waals surface area contributed by atoms with Gasteiger partial charge in [0.2, 0.25) is 0 Å². The summed E-state index contributed by atoms with van der Waals surface area (Å²) < 4.78 is 0. The van der Waals surface area contributed by atoms with Crippen molar-refractivity contribution in [3.8, 4) is 22.4 Å². The Bertz CT molecular complexity index is 773. The Hall–Kier alpha value is -2.19. The highest BCUT2D eigenvalue weighted by Gasteiger charge is 2.18. The summed E-state index contributed by atoms with van der Waals surface area (Å²) in [4.78, 5) is 4.91. The average molecular weight is 303 g/mol. The van der Waals surface area contributed by atoms with Crippen LogP contribution >= 0.6 is 0 Å². The minimum Gasteiger partial charge on any atom is -0.258 e. The second kappa shape index (κ2) is 5.89. The fourth-order valence-corrected chi connectivity index (χ4v) is 3.55. The number of hydrogen-bond donors (Lipinski definition) is 0. The van der Waals surface area contributed by atoms with Gasteiger partial charge in [-0.2, -0.15) is 0 Å². The van der Waals surface area contributed by atoms with Gasteiger partial charge in [0.15, 0.2) is 0 Å². The molecule has 22 heavy (non-hydrogen) atoms. The Morgan fingerprint density at radius 1 is 0.636 bits per heavy atom. The molecule has 0 radical (unpaired) electrons. The second-order valence-corrected chi connectivity index (χ2v) is 11.6. The number of benzene rings is 2. The van der Waals surface area contributed by atoms with Crippen LogP contribution in [0.5, 0.6) is 0 Å². The summed E-state index contributed by atoms with van der Waals surface area (Å²) in [6, 6.07) is 25.5. The highest BCUT2D eigenvalue weighted by Crippen LogP contribution is 2.24. The van der Waals surface area contributed by atoms with Gasteiger partial charge in [0.25, 0.3) is 0 Å². The quantitative estimate of drug-likeness (QED) is 0.623. The Balaban J connectivity index is 2.03. The van der Waals surface area contributed by atoms with E-state index in [-0.39, 0.29) is 0 Å². The largest absolute Gasteiger partial charge is 0.258 e. The Morgan fingerprint density at radius 2 is 1.27 bits per heavy atom. The summed E-state index contributed by atoms with van der Waals surface area (Å²) in [5.41, 5.74) is 4.73. The van der Waals surface area contributed by atoms with Gasteiger partial charge in [0, 0.05) is 10.9 Å². The molecule has 0 unspecified atom stereocenters. The molecule has 2 heteroatoms. The molecule has 1 aromatic heterocycles. The van der Waals surface area contributed by atoms with Crippen LogP contribution in [0.1, 0.15) is 0 Å². The highest BCUT2D eigenvalue weighted by atomic mass is 28.3. The van der Waals surface area contributed by atoms with E-state index in [0.29, 0.717) is 0 Å². The van der Waals surface area contributed by atoms with Gasteiger partial charge in [-0.05, 0) is 29.3 Å².